The van der Waals surface area contributed by atoms with E-state index in [1.807, 2.05) is 30.3 Å². The number of benzene rings is 2. The molecule has 2 aromatic carbocycles. The molecule has 0 atom stereocenters. The van der Waals surface area contributed by atoms with Crippen LogP contribution in [-0.2, 0) is 20.8 Å². The second-order valence-corrected chi connectivity index (χ2v) is 9.07. The van der Waals surface area contributed by atoms with Gasteiger partial charge in [0.15, 0.2) is 0 Å². The first kappa shape index (κ1) is 24.5. The van der Waals surface area contributed by atoms with E-state index in [0.717, 1.165) is 29.9 Å². The molecule has 0 radical (unpaired) electrons. The van der Waals surface area contributed by atoms with Crippen LogP contribution in [0, 0.1) is 5.82 Å². The van der Waals surface area contributed by atoms with Crippen LogP contribution in [0.3, 0.4) is 0 Å². The van der Waals surface area contributed by atoms with Crippen molar-refractivity contribution in [2.45, 2.75) is 32.9 Å². The average molecular weight is 458 g/mol. The van der Waals surface area contributed by atoms with Crippen molar-refractivity contribution < 1.29 is 23.5 Å². The van der Waals surface area contributed by atoms with Crippen LogP contribution in [0.15, 0.2) is 42.5 Å². The molecule has 8 heteroatoms. The summed E-state index contributed by atoms with van der Waals surface area (Å²) < 4.78 is 25.4. The fraction of sp³-hybridized carbons (Fsp3) is 0.440. The van der Waals surface area contributed by atoms with Crippen LogP contribution in [0.2, 0.25) is 0 Å². The molecule has 0 unspecified atom stereocenters. The lowest BCUT2D eigenvalue weighted by molar-refractivity contribution is -0.129. The van der Waals surface area contributed by atoms with Crippen LogP contribution >= 0.6 is 0 Å². The molecule has 1 heterocycles. The van der Waals surface area contributed by atoms with Gasteiger partial charge in [0.1, 0.15) is 18.0 Å². The highest BCUT2D eigenvalue weighted by Gasteiger charge is 2.18. The molecule has 0 aromatic heterocycles. The number of nitrogens with one attached hydrogen (secondary N) is 1. The highest BCUT2D eigenvalue weighted by Crippen LogP contribution is 2.28. The summed E-state index contributed by atoms with van der Waals surface area (Å²) in [6.07, 6.45) is -0.637. The molecule has 7 nitrogen and oxygen atoms in total. The van der Waals surface area contributed by atoms with Crippen molar-refractivity contribution in [2.75, 3.05) is 44.8 Å². The number of hydrogen-bond donors (Lipinski definition) is 1. The van der Waals surface area contributed by atoms with E-state index >= 15 is 0 Å². The number of rotatable bonds is 6. The molecular formula is C25H32FN3O4. The van der Waals surface area contributed by atoms with Crippen LogP contribution in [0.25, 0.3) is 11.1 Å². The van der Waals surface area contributed by atoms with Gasteiger partial charge in [0, 0.05) is 37.9 Å². The maximum Gasteiger partial charge on any atom is 0.408 e. The molecule has 0 bridgehead atoms. The van der Waals surface area contributed by atoms with Crippen molar-refractivity contribution in [3.63, 3.8) is 0 Å². The molecule has 2 aromatic rings. The van der Waals surface area contributed by atoms with Crippen molar-refractivity contribution in [1.82, 2.24) is 10.2 Å². The van der Waals surface area contributed by atoms with Crippen LogP contribution in [0.4, 0.5) is 14.9 Å². The Hall–Kier alpha value is -3.13. The summed E-state index contributed by atoms with van der Waals surface area (Å²) >= 11 is 0. The maximum absolute atomic E-state index is 14.9. The quantitative estimate of drug-likeness (QED) is 0.714. The van der Waals surface area contributed by atoms with Gasteiger partial charge in [-0.2, -0.15) is 0 Å². The smallest absolute Gasteiger partial charge is 0.408 e. The normalized spacial score (nSPS) is 14.0. The first-order chi connectivity index (χ1) is 15.6. The monoisotopic (exact) mass is 457 g/mol. The van der Waals surface area contributed by atoms with E-state index in [-0.39, 0.29) is 18.3 Å². The lowest BCUT2D eigenvalue weighted by Gasteiger charge is -2.29. The Balaban J connectivity index is 1.62. The van der Waals surface area contributed by atoms with Crippen molar-refractivity contribution in [1.29, 1.82) is 0 Å². The SMILES string of the molecule is CN(Cc1cccc(-c2ccc(N3CCOCC3)cc2F)c1)C(=O)CNC(=O)OC(C)(C)C. The van der Waals surface area contributed by atoms with E-state index in [0.29, 0.717) is 25.3 Å². The van der Waals surface area contributed by atoms with Crippen LogP contribution in [-0.4, -0.2) is 62.4 Å². The maximum atomic E-state index is 14.9. The van der Waals surface area contributed by atoms with E-state index in [4.69, 9.17) is 9.47 Å². The van der Waals surface area contributed by atoms with Crippen molar-refractivity contribution in [2.24, 2.45) is 0 Å². The summed E-state index contributed by atoms with van der Waals surface area (Å²) in [5.41, 5.74) is 2.33. The number of halogens is 1. The predicted octanol–water partition coefficient (Wildman–Crippen LogP) is 3.81. The minimum Gasteiger partial charge on any atom is -0.444 e. The lowest BCUT2D eigenvalue weighted by Crippen LogP contribution is -2.40. The molecule has 1 N–H and O–H groups in total. The summed E-state index contributed by atoms with van der Waals surface area (Å²) in [5, 5.41) is 2.47. The van der Waals surface area contributed by atoms with E-state index in [2.05, 4.69) is 10.2 Å². The Bertz CT molecular complexity index is 984. The number of anilines is 1. The summed E-state index contributed by atoms with van der Waals surface area (Å²) in [6.45, 7) is 8.22. The van der Waals surface area contributed by atoms with Crippen molar-refractivity contribution in [3.8, 4) is 11.1 Å². The largest absolute Gasteiger partial charge is 0.444 e. The molecule has 33 heavy (non-hydrogen) atoms. The van der Waals surface area contributed by atoms with Crippen LogP contribution in [0.1, 0.15) is 26.3 Å². The number of likely N-dealkylation sites (N-methyl/N-ethyl adjacent to an activating group) is 1. The highest BCUT2D eigenvalue weighted by molar-refractivity contribution is 5.82. The second-order valence-electron chi connectivity index (χ2n) is 9.07. The molecule has 2 amide bonds. The number of nitrogens with zero attached hydrogens (tertiary/aromatic N) is 2. The molecule has 1 aliphatic heterocycles. The van der Waals surface area contributed by atoms with Gasteiger partial charge in [-0.25, -0.2) is 9.18 Å². The van der Waals surface area contributed by atoms with Gasteiger partial charge in [0.25, 0.3) is 0 Å². The predicted molar refractivity (Wildman–Crippen MR) is 126 cm³/mol. The van der Waals surface area contributed by atoms with Crippen LogP contribution < -0.4 is 10.2 Å². The summed E-state index contributed by atoms with van der Waals surface area (Å²) in [5.74, 6) is -0.547. The van der Waals surface area contributed by atoms with Gasteiger partial charge in [-0.3, -0.25) is 4.79 Å². The molecule has 1 saturated heterocycles. The zero-order valence-electron chi connectivity index (χ0n) is 19.7. The summed E-state index contributed by atoms with van der Waals surface area (Å²) in [4.78, 5) is 27.8. The number of amides is 2. The first-order valence-electron chi connectivity index (χ1n) is 11.0. The Morgan fingerprint density at radius 3 is 2.55 bits per heavy atom. The third-order valence-electron chi connectivity index (χ3n) is 5.20. The van der Waals surface area contributed by atoms with E-state index in [1.54, 1.807) is 40.0 Å². The average Bonchev–Trinajstić information content (AvgIpc) is 2.77. The highest BCUT2D eigenvalue weighted by atomic mass is 19.1. The molecule has 1 fully saturated rings. The summed E-state index contributed by atoms with van der Waals surface area (Å²) in [7, 11) is 1.66. The number of hydrogen-bond acceptors (Lipinski definition) is 5. The molecular weight excluding hydrogens is 425 g/mol. The molecule has 1 aliphatic rings. The second kappa shape index (κ2) is 10.7. The Kier molecular flexibility index (Phi) is 7.92. The van der Waals surface area contributed by atoms with Gasteiger partial charge in [-0.1, -0.05) is 18.2 Å². The standard InChI is InChI=1S/C25H32FN3O4/c1-25(2,3)33-24(31)27-16-23(30)28(4)17-18-6-5-7-19(14-18)21-9-8-20(15-22(21)26)29-10-12-32-13-11-29/h5-9,14-15H,10-13,16-17H2,1-4H3,(H,27,31). The van der Waals surface area contributed by atoms with Crippen molar-refractivity contribution >= 4 is 17.7 Å². The van der Waals surface area contributed by atoms with Gasteiger partial charge in [0.05, 0.1) is 13.2 Å². The Morgan fingerprint density at radius 1 is 1.15 bits per heavy atom. The molecule has 0 saturated carbocycles. The number of ether oxygens (including phenoxy) is 2. The Morgan fingerprint density at radius 2 is 1.88 bits per heavy atom. The van der Waals surface area contributed by atoms with Gasteiger partial charge in [0.2, 0.25) is 5.91 Å². The zero-order valence-corrected chi connectivity index (χ0v) is 19.7. The van der Waals surface area contributed by atoms with Gasteiger partial charge in [-0.15, -0.1) is 0 Å². The third-order valence-corrected chi connectivity index (χ3v) is 5.20. The Labute approximate surface area is 194 Å². The number of alkyl carbamates (subject to hydrolysis) is 1. The fourth-order valence-corrected chi connectivity index (χ4v) is 3.55. The number of carbonyl (C=O) groups excluding carboxylic acids is 2. The fourth-order valence-electron chi connectivity index (χ4n) is 3.55. The van der Waals surface area contributed by atoms with E-state index in [1.165, 1.54) is 4.90 Å². The van der Waals surface area contributed by atoms with Crippen LogP contribution in [0.5, 0.6) is 0 Å². The molecule has 178 valence electrons. The van der Waals surface area contributed by atoms with Gasteiger partial charge in [-0.05, 0) is 56.2 Å². The number of carbonyl (C=O) groups is 2. The minimum atomic E-state index is -0.637. The number of morpholine rings is 1. The van der Waals surface area contributed by atoms with Gasteiger partial charge >= 0.3 is 6.09 Å². The van der Waals surface area contributed by atoms with E-state index in [9.17, 15) is 14.0 Å². The van der Waals surface area contributed by atoms with E-state index < -0.39 is 11.7 Å². The minimum absolute atomic E-state index is 0.164. The first-order valence-corrected chi connectivity index (χ1v) is 11.0. The zero-order chi connectivity index (χ0) is 24.0. The lowest BCUT2D eigenvalue weighted by atomic mass is 10.0. The van der Waals surface area contributed by atoms with Gasteiger partial charge < -0.3 is 24.6 Å². The third kappa shape index (κ3) is 7.18. The van der Waals surface area contributed by atoms with Crippen molar-refractivity contribution in [3.05, 3.63) is 53.8 Å². The topological polar surface area (TPSA) is 71.1 Å². The molecule has 3 rings (SSSR count). The summed E-state index contributed by atoms with van der Waals surface area (Å²) in [6, 6.07) is 12.7. The molecule has 0 spiro atoms. The molecule has 0 aliphatic carbocycles.